The summed E-state index contributed by atoms with van der Waals surface area (Å²) in [5, 5.41) is 17.6. The lowest BCUT2D eigenvalue weighted by molar-refractivity contribution is 0.0935. The van der Waals surface area contributed by atoms with Crippen molar-refractivity contribution in [3.63, 3.8) is 0 Å². The number of carbonyl (C=O) groups excluding carboxylic acids is 1. The van der Waals surface area contributed by atoms with Gasteiger partial charge in [-0.15, -0.1) is 11.3 Å². The van der Waals surface area contributed by atoms with Crippen LogP contribution in [0.5, 0.6) is 11.5 Å². The van der Waals surface area contributed by atoms with Gasteiger partial charge in [-0.3, -0.25) is 4.79 Å². The van der Waals surface area contributed by atoms with Crippen LogP contribution >= 0.6 is 11.3 Å². The average Bonchev–Trinajstić information content (AvgIpc) is 2.93. The second-order valence-electron chi connectivity index (χ2n) is 5.86. The molecule has 23 heavy (non-hydrogen) atoms. The van der Waals surface area contributed by atoms with E-state index in [1.807, 2.05) is 0 Å². The normalized spacial score (nSPS) is 19.3. The highest BCUT2D eigenvalue weighted by atomic mass is 32.1. The van der Waals surface area contributed by atoms with Crippen molar-refractivity contribution in [1.82, 2.24) is 5.32 Å². The number of benzene rings is 1. The zero-order chi connectivity index (χ0) is 16.0. The van der Waals surface area contributed by atoms with Crippen LogP contribution in [0.3, 0.4) is 0 Å². The van der Waals surface area contributed by atoms with Gasteiger partial charge in [0.1, 0.15) is 11.2 Å². The van der Waals surface area contributed by atoms with E-state index in [4.69, 9.17) is 4.74 Å². The van der Waals surface area contributed by atoms with Crippen LogP contribution in [0.1, 0.15) is 45.4 Å². The predicted octanol–water partition coefficient (Wildman–Crippen LogP) is 3.20. The van der Waals surface area contributed by atoms with E-state index >= 15 is 0 Å². The molecule has 1 amide bonds. The van der Waals surface area contributed by atoms with E-state index in [-0.39, 0.29) is 11.7 Å². The lowest BCUT2D eigenvalue weighted by Crippen LogP contribution is -2.38. The van der Waals surface area contributed by atoms with Gasteiger partial charge in [-0.25, -0.2) is 0 Å². The minimum Gasteiger partial charge on any atom is -0.504 e. The van der Waals surface area contributed by atoms with Crippen LogP contribution in [0, 0.1) is 0 Å². The molecule has 1 unspecified atom stereocenters. The number of fused-ring (bicyclic) bond motifs is 3. The first-order valence-corrected chi connectivity index (χ1v) is 8.58. The van der Waals surface area contributed by atoms with E-state index in [9.17, 15) is 9.90 Å². The van der Waals surface area contributed by atoms with Gasteiger partial charge in [-0.1, -0.05) is 12.1 Å². The quantitative estimate of drug-likeness (QED) is 0.791. The molecule has 1 aliphatic carbocycles. The second-order valence-corrected chi connectivity index (χ2v) is 6.97. The number of hydrogen-bond donors (Lipinski definition) is 3. The molecule has 2 aromatic rings. The molecule has 0 saturated carbocycles. The number of methoxy groups -OCH3 is 1. The van der Waals surface area contributed by atoms with Gasteiger partial charge in [0.25, 0.3) is 5.91 Å². The minimum atomic E-state index is -0.454. The molecule has 2 aliphatic rings. The van der Waals surface area contributed by atoms with Gasteiger partial charge in [-0.05, 0) is 37.3 Å². The molecular formula is C17H18N2O3S. The SMILES string of the molecule is COc1cccc(C2NC(=O)c3c(sc4c3CCCC4)N2)c1O. The highest BCUT2D eigenvalue weighted by Crippen LogP contribution is 2.43. The van der Waals surface area contributed by atoms with Gasteiger partial charge in [0, 0.05) is 10.4 Å². The van der Waals surface area contributed by atoms with Crippen molar-refractivity contribution in [1.29, 1.82) is 0 Å². The van der Waals surface area contributed by atoms with Crippen LogP contribution in [0.25, 0.3) is 0 Å². The number of thiophene rings is 1. The number of rotatable bonds is 2. The van der Waals surface area contributed by atoms with Crippen LogP contribution in [0.15, 0.2) is 18.2 Å². The Kier molecular flexibility index (Phi) is 3.41. The van der Waals surface area contributed by atoms with Crippen LogP contribution in [0.2, 0.25) is 0 Å². The van der Waals surface area contributed by atoms with Crippen molar-refractivity contribution in [3.05, 3.63) is 39.8 Å². The van der Waals surface area contributed by atoms with Gasteiger partial charge in [-0.2, -0.15) is 0 Å². The maximum atomic E-state index is 12.6. The molecule has 0 spiro atoms. The topological polar surface area (TPSA) is 70.6 Å². The van der Waals surface area contributed by atoms with E-state index in [1.165, 1.54) is 24.0 Å². The Hall–Kier alpha value is -2.21. The number of amides is 1. The number of phenolic OH excluding ortho intramolecular Hbond substituents is 1. The fourth-order valence-corrected chi connectivity index (χ4v) is 4.69. The van der Waals surface area contributed by atoms with Crippen molar-refractivity contribution < 1.29 is 14.6 Å². The van der Waals surface area contributed by atoms with E-state index in [0.29, 0.717) is 11.3 Å². The molecule has 2 heterocycles. The molecule has 0 radical (unpaired) electrons. The Morgan fingerprint density at radius 2 is 2.09 bits per heavy atom. The molecule has 1 aliphatic heterocycles. The molecule has 0 saturated heterocycles. The van der Waals surface area contributed by atoms with Gasteiger partial charge in [0.05, 0.1) is 12.7 Å². The van der Waals surface area contributed by atoms with Gasteiger partial charge < -0.3 is 20.5 Å². The zero-order valence-electron chi connectivity index (χ0n) is 12.8. The molecule has 5 nitrogen and oxygen atoms in total. The lowest BCUT2D eigenvalue weighted by atomic mass is 9.94. The summed E-state index contributed by atoms with van der Waals surface area (Å²) >= 11 is 1.67. The molecule has 6 heteroatoms. The van der Waals surface area contributed by atoms with E-state index in [2.05, 4.69) is 10.6 Å². The van der Waals surface area contributed by atoms with Crippen molar-refractivity contribution >= 4 is 22.2 Å². The highest BCUT2D eigenvalue weighted by Gasteiger charge is 2.33. The Labute approximate surface area is 138 Å². The third-order valence-corrected chi connectivity index (χ3v) is 5.73. The third-order valence-electron chi connectivity index (χ3n) is 4.51. The number of carbonyl (C=O) groups is 1. The van der Waals surface area contributed by atoms with Gasteiger partial charge in [0.2, 0.25) is 0 Å². The smallest absolute Gasteiger partial charge is 0.256 e. The minimum absolute atomic E-state index is 0.0533. The number of aromatic hydroxyl groups is 1. The van der Waals surface area contributed by atoms with Crippen molar-refractivity contribution in [3.8, 4) is 11.5 Å². The van der Waals surface area contributed by atoms with Crippen LogP contribution in [-0.4, -0.2) is 18.1 Å². The monoisotopic (exact) mass is 330 g/mol. The Balaban J connectivity index is 1.73. The standard InChI is InChI=1S/C17H18N2O3S/c1-22-11-7-4-6-10(14(11)20)15-18-16(21)13-9-5-2-3-8-12(9)23-17(13)19-15/h4,6-7,15,19-20H,2-3,5,8H2,1H3,(H,18,21). The van der Waals surface area contributed by atoms with E-state index in [1.54, 1.807) is 29.5 Å². The van der Waals surface area contributed by atoms with Gasteiger partial charge >= 0.3 is 0 Å². The number of phenols is 1. The molecule has 1 aromatic heterocycles. The summed E-state index contributed by atoms with van der Waals surface area (Å²) in [5.41, 5.74) is 2.60. The van der Waals surface area contributed by atoms with Crippen molar-refractivity contribution in [2.45, 2.75) is 31.8 Å². The summed E-state index contributed by atoms with van der Waals surface area (Å²) in [6, 6.07) is 5.28. The summed E-state index contributed by atoms with van der Waals surface area (Å²) in [5.74, 6) is 0.387. The predicted molar refractivity (Wildman–Crippen MR) is 89.4 cm³/mol. The molecule has 1 atom stereocenters. The number of nitrogens with one attached hydrogen (secondary N) is 2. The maximum absolute atomic E-state index is 12.6. The molecule has 120 valence electrons. The fraction of sp³-hybridized carbons (Fsp3) is 0.353. The molecular weight excluding hydrogens is 312 g/mol. The fourth-order valence-electron chi connectivity index (χ4n) is 3.37. The number of ether oxygens (including phenoxy) is 1. The van der Waals surface area contributed by atoms with Crippen molar-refractivity contribution in [2.24, 2.45) is 0 Å². The molecule has 1 aromatic carbocycles. The van der Waals surface area contributed by atoms with Crippen LogP contribution in [0.4, 0.5) is 5.00 Å². The first kappa shape index (κ1) is 14.4. The molecule has 0 bridgehead atoms. The van der Waals surface area contributed by atoms with Crippen molar-refractivity contribution in [2.75, 3.05) is 12.4 Å². The lowest BCUT2D eigenvalue weighted by Gasteiger charge is -2.27. The Bertz CT molecular complexity index is 784. The molecule has 4 rings (SSSR count). The zero-order valence-corrected chi connectivity index (χ0v) is 13.6. The third kappa shape index (κ3) is 2.25. The summed E-state index contributed by atoms with van der Waals surface area (Å²) in [6.45, 7) is 0. The molecule has 0 fully saturated rings. The van der Waals surface area contributed by atoms with Gasteiger partial charge in [0.15, 0.2) is 11.5 Å². The number of aryl methyl sites for hydroxylation is 1. The summed E-state index contributed by atoms with van der Waals surface area (Å²) in [4.78, 5) is 13.9. The highest BCUT2D eigenvalue weighted by molar-refractivity contribution is 7.16. The number of hydrogen-bond acceptors (Lipinski definition) is 5. The van der Waals surface area contributed by atoms with E-state index < -0.39 is 6.17 Å². The van der Waals surface area contributed by atoms with Crippen LogP contribution < -0.4 is 15.4 Å². The van der Waals surface area contributed by atoms with Crippen LogP contribution in [-0.2, 0) is 12.8 Å². The average molecular weight is 330 g/mol. The number of anilines is 1. The summed E-state index contributed by atoms with van der Waals surface area (Å²) in [6.07, 6.45) is 3.91. The number of para-hydroxylation sites is 1. The summed E-state index contributed by atoms with van der Waals surface area (Å²) in [7, 11) is 1.51. The first-order chi connectivity index (χ1) is 11.2. The second kappa shape index (κ2) is 5.45. The first-order valence-electron chi connectivity index (χ1n) is 7.77. The molecule has 3 N–H and O–H groups in total. The Morgan fingerprint density at radius 3 is 2.91 bits per heavy atom. The van der Waals surface area contributed by atoms with E-state index in [0.717, 1.165) is 29.8 Å². The Morgan fingerprint density at radius 1 is 1.26 bits per heavy atom. The maximum Gasteiger partial charge on any atom is 0.256 e. The summed E-state index contributed by atoms with van der Waals surface area (Å²) < 4.78 is 5.15. The largest absolute Gasteiger partial charge is 0.504 e.